The van der Waals surface area contributed by atoms with Crippen LogP contribution in [0.1, 0.15) is 10.5 Å². The second-order valence-electron chi connectivity index (χ2n) is 5.68. The van der Waals surface area contributed by atoms with Gasteiger partial charge in [-0.1, -0.05) is 48.0 Å². The Bertz CT molecular complexity index is 1140. The van der Waals surface area contributed by atoms with E-state index < -0.39 is 5.91 Å². The number of carbonyl (C=O) groups is 1. The van der Waals surface area contributed by atoms with E-state index in [1.807, 2.05) is 36.4 Å². The van der Waals surface area contributed by atoms with Crippen LogP contribution in [-0.4, -0.2) is 27.8 Å². The molecule has 0 saturated heterocycles. The standard InChI is InChI=1S/C17H17ClN10O/c18-12-14(20)25-13(19)11(24-12)15(29)27-28-17(22)26-16(21)23-10-7-3-5-8-4-1-2-6-9(8)10/h1-7H,(H,27,29)(H4,19,20,25)(H5,21,22,23,26,28). The summed E-state index contributed by atoms with van der Waals surface area (Å²) >= 11 is 5.74. The van der Waals surface area contributed by atoms with Gasteiger partial charge in [-0.25, -0.2) is 15.0 Å². The molecule has 1 aromatic heterocycles. The minimum Gasteiger partial charge on any atom is -0.382 e. The lowest BCUT2D eigenvalue weighted by Gasteiger charge is -2.09. The van der Waals surface area contributed by atoms with Gasteiger partial charge in [-0.3, -0.25) is 15.6 Å². The monoisotopic (exact) mass is 412 g/mol. The third kappa shape index (κ3) is 4.59. The highest BCUT2D eigenvalue weighted by molar-refractivity contribution is 6.31. The summed E-state index contributed by atoms with van der Waals surface area (Å²) in [6.45, 7) is 0. The maximum absolute atomic E-state index is 12.1. The summed E-state index contributed by atoms with van der Waals surface area (Å²) in [5, 5.41) is 1.75. The van der Waals surface area contributed by atoms with Crippen LogP contribution in [0.5, 0.6) is 0 Å². The fourth-order valence-corrected chi connectivity index (χ4v) is 2.52. The van der Waals surface area contributed by atoms with Crippen LogP contribution in [0.4, 0.5) is 17.3 Å². The number of hydrogen-bond donors (Lipinski definition) is 6. The molecule has 0 saturated carbocycles. The topological polar surface area (TPSA) is 196 Å². The fraction of sp³-hybridized carbons (Fsp3) is 0. The number of halogens is 1. The quantitative estimate of drug-likeness (QED) is 0.200. The van der Waals surface area contributed by atoms with Crippen LogP contribution < -0.4 is 33.8 Å². The summed E-state index contributed by atoms with van der Waals surface area (Å²) in [6, 6.07) is 13.3. The van der Waals surface area contributed by atoms with Crippen molar-refractivity contribution in [1.82, 2.24) is 20.8 Å². The van der Waals surface area contributed by atoms with E-state index in [2.05, 4.69) is 30.8 Å². The average molecular weight is 413 g/mol. The van der Waals surface area contributed by atoms with Gasteiger partial charge in [0.1, 0.15) is 0 Å². The molecule has 0 spiro atoms. The lowest BCUT2D eigenvalue weighted by Crippen LogP contribution is -2.46. The Balaban J connectivity index is 1.71. The van der Waals surface area contributed by atoms with Gasteiger partial charge in [0.25, 0.3) is 5.91 Å². The average Bonchev–Trinajstić information content (AvgIpc) is 2.69. The molecule has 0 aliphatic carbocycles. The van der Waals surface area contributed by atoms with Crippen molar-refractivity contribution >= 4 is 57.5 Å². The first-order chi connectivity index (χ1) is 13.8. The first kappa shape index (κ1) is 19.6. The van der Waals surface area contributed by atoms with Gasteiger partial charge in [0, 0.05) is 5.39 Å². The summed E-state index contributed by atoms with van der Waals surface area (Å²) in [5.41, 5.74) is 27.6. The first-order valence-electron chi connectivity index (χ1n) is 8.16. The minimum absolute atomic E-state index is 0.0906. The lowest BCUT2D eigenvalue weighted by molar-refractivity contribution is 0.0939. The molecule has 0 unspecified atom stereocenters. The first-order valence-corrected chi connectivity index (χ1v) is 8.54. The number of guanidine groups is 2. The van der Waals surface area contributed by atoms with Gasteiger partial charge in [0.2, 0.25) is 11.9 Å². The van der Waals surface area contributed by atoms with E-state index in [0.29, 0.717) is 5.69 Å². The number of nitrogens with zero attached hydrogens (tertiary/aromatic N) is 4. The molecule has 0 aliphatic rings. The van der Waals surface area contributed by atoms with Crippen molar-refractivity contribution in [1.29, 1.82) is 0 Å². The maximum atomic E-state index is 12.1. The highest BCUT2D eigenvalue weighted by atomic mass is 35.5. The van der Waals surface area contributed by atoms with Gasteiger partial charge in [-0.2, -0.15) is 4.99 Å². The summed E-state index contributed by atoms with van der Waals surface area (Å²) in [5.74, 6) is -1.37. The number of nitrogen functional groups attached to an aromatic ring is 2. The van der Waals surface area contributed by atoms with E-state index in [4.69, 9.17) is 34.5 Å². The molecule has 1 heterocycles. The van der Waals surface area contributed by atoms with Crippen LogP contribution in [0.3, 0.4) is 0 Å². The second-order valence-corrected chi connectivity index (χ2v) is 6.04. The Morgan fingerprint density at radius 3 is 2.48 bits per heavy atom. The molecule has 3 rings (SSSR count). The normalized spacial score (nSPS) is 12.0. The highest BCUT2D eigenvalue weighted by Crippen LogP contribution is 2.25. The molecule has 11 nitrogen and oxygen atoms in total. The van der Waals surface area contributed by atoms with Crippen molar-refractivity contribution in [3.05, 3.63) is 53.3 Å². The van der Waals surface area contributed by atoms with Crippen molar-refractivity contribution in [3.8, 4) is 0 Å². The number of nitrogens with one attached hydrogen (secondary N) is 2. The largest absolute Gasteiger partial charge is 0.382 e. The van der Waals surface area contributed by atoms with Crippen LogP contribution in [0, 0.1) is 0 Å². The molecular formula is C17H17ClN10O. The molecule has 0 fully saturated rings. The smallest absolute Gasteiger partial charge is 0.292 e. The number of fused-ring (bicyclic) bond motifs is 1. The van der Waals surface area contributed by atoms with Crippen LogP contribution >= 0.6 is 11.6 Å². The molecule has 148 valence electrons. The molecule has 1 amide bonds. The zero-order chi connectivity index (χ0) is 21.0. The van der Waals surface area contributed by atoms with E-state index in [1.54, 1.807) is 6.07 Å². The van der Waals surface area contributed by atoms with Gasteiger partial charge < -0.3 is 22.9 Å². The SMILES string of the molecule is NC(=Nc1cccc2ccccc12)/N=C(\N)NNC(=O)c1nc(Cl)c(N)nc1N. The van der Waals surface area contributed by atoms with Gasteiger partial charge >= 0.3 is 0 Å². The van der Waals surface area contributed by atoms with E-state index in [1.165, 1.54) is 0 Å². The van der Waals surface area contributed by atoms with E-state index in [0.717, 1.165) is 10.8 Å². The number of anilines is 2. The highest BCUT2D eigenvalue weighted by Gasteiger charge is 2.15. The molecule has 0 radical (unpaired) electrons. The van der Waals surface area contributed by atoms with Crippen LogP contribution in [0.25, 0.3) is 10.8 Å². The molecule has 0 atom stereocenters. The number of aromatic nitrogens is 2. The molecule has 29 heavy (non-hydrogen) atoms. The van der Waals surface area contributed by atoms with Crippen molar-refractivity contribution in [3.63, 3.8) is 0 Å². The summed E-state index contributed by atoms with van der Waals surface area (Å²) in [4.78, 5) is 27.7. The zero-order valence-electron chi connectivity index (χ0n) is 14.9. The zero-order valence-corrected chi connectivity index (χ0v) is 15.7. The molecule has 12 heteroatoms. The minimum atomic E-state index is -0.750. The van der Waals surface area contributed by atoms with Crippen molar-refractivity contribution in [2.24, 2.45) is 21.5 Å². The molecule has 2 aromatic carbocycles. The van der Waals surface area contributed by atoms with Crippen LogP contribution in [0.15, 0.2) is 52.4 Å². The predicted molar refractivity (Wildman–Crippen MR) is 113 cm³/mol. The van der Waals surface area contributed by atoms with Crippen molar-refractivity contribution < 1.29 is 4.79 Å². The van der Waals surface area contributed by atoms with Gasteiger partial charge in [0.05, 0.1) is 5.69 Å². The molecule has 3 aromatic rings. The van der Waals surface area contributed by atoms with Crippen molar-refractivity contribution in [2.75, 3.05) is 11.5 Å². The number of rotatable bonds is 2. The lowest BCUT2D eigenvalue weighted by atomic mass is 10.1. The van der Waals surface area contributed by atoms with Gasteiger partial charge in [0.15, 0.2) is 22.5 Å². The molecule has 0 bridgehead atoms. The van der Waals surface area contributed by atoms with Gasteiger partial charge in [-0.15, -0.1) is 0 Å². The molecule has 0 aliphatic heterocycles. The Kier molecular flexibility index (Phi) is 5.60. The Morgan fingerprint density at radius 2 is 1.69 bits per heavy atom. The molecular weight excluding hydrogens is 396 g/mol. The number of hydrogen-bond acceptors (Lipinski definition) is 6. The van der Waals surface area contributed by atoms with E-state index in [9.17, 15) is 4.79 Å². The summed E-state index contributed by atoms with van der Waals surface area (Å²) in [6.07, 6.45) is 0. The van der Waals surface area contributed by atoms with E-state index >= 15 is 0 Å². The number of hydrazine groups is 1. The Hall–Kier alpha value is -4.12. The third-order valence-corrected chi connectivity index (χ3v) is 3.94. The number of amides is 1. The van der Waals surface area contributed by atoms with Crippen LogP contribution in [0.2, 0.25) is 5.15 Å². The van der Waals surface area contributed by atoms with Crippen molar-refractivity contribution in [2.45, 2.75) is 0 Å². The Morgan fingerprint density at radius 1 is 0.966 bits per heavy atom. The number of aliphatic imine (C=N–C) groups is 2. The third-order valence-electron chi connectivity index (χ3n) is 3.66. The summed E-state index contributed by atoms with van der Waals surface area (Å²) < 4.78 is 0. The Labute approximate surface area is 169 Å². The predicted octanol–water partition coefficient (Wildman–Crippen LogP) is 0.643. The van der Waals surface area contributed by atoms with E-state index in [-0.39, 0.29) is 34.4 Å². The number of benzene rings is 2. The van der Waals surface area contributed by atoms with Gasteiger partial charge in [-0.05, 0) is 11.5 Å². The fourth-order valence-electron chi connectivity index (χ4n) is 2.39. The van der Waals surface area contributed by atoms with Crippen LogP contribution in [-0.2, 0) is 0 Å². The second kappa shape index (κ2) is 8.27. The number of carbonyl (C=O) groups excluding carboxylic acids is 1. The number of nitrogens with two attached hydrogens (primary N) is 4. The molecule has 10 N–H and O–H groups in total. The maximum Gasteiger partial charge on any atom is 0.292 e. The summed E-state index contributed by atoms with van der Waals surface area (Å²) in [7, 11) is 0.